The standard InChI is InChI=1S/C32H40N4O3.C7H11NO3/c1-21-29(38-2)15-14-27(34-21)23-10-8-22(9-11-23)19-36(32(37)25-6-4-3-5-7-25)30-18-26(16-17-33-30)28-20-39-31(35-28)24-12-13-24;1-10-6(9)8-2-7(3-8)4-11-5-7/h14-18,20,22-25H,3-13,19H2,1-2H3;2-5H2,1H3. The van der Waals surface area contributed by atoms with Crippen molar-refractivity contribution in [2.75, 3.05) is 52.0 Å². The molecular formula is C39H51N5O6. The van der Waals surface area contributed by atoms with Crippen LogP contribution in [0.1, 0.15) is 99.7 Å². The van der Waals surface area contributed by atoms with Gasteiger partial charge in [-0.05, 0) is 88.5 Å². The van der Waals surface area contributed by atoms with Crippen LogP contribution < -0.4 is 9.64 Å². The van der Waals surface area contributed by atoms with Gasteiger partial charge < -0.3 is 23.5 Å². The molecule has 1 spiro atoms. The minimum Gasteiger partial charge on any atom is -0.495 e. The van der Waals surface area contributed by atoms with E-state index in [9.17, 15) is 9.59 Å². The van der Waals surface area contributed by atoms with Gasteiger partial charge >= 0.3 is 6.09 Å². The summed E-state index contributed by atoms with van der Waals surface area (Å²) in [7, 11) is 3.10. The summed E-state index contributed by atoms with van der Waals surface area (Å²) >= 11 is 0. The Bertz CT molecular complexity index is 1630. The summed E-state index contributed by atoms with van der Waals surface area (Å²) in [5.74, 6) is 4.14. The van der Waals surface area contributed by atoms with Crippen LogP contribution in [-0.4, -0.2) is 78.9 Å². The molecule has 2 aliphatic heterocycles. The molecule has 0 atom stereocenters. The molecule has 11 nitrogen and oxygen atoms in total. The number of aryl methyl sites for hydroxylation is 1. The lowest BCUT2D eigenvalue weighted by Gasteiger charge is -2.54. The first-order valence-corrected chi connectivity index (χ1v) is 18.5. The van der Waals surface area contributed by atoms with Crippen LogP contribution >= 0.6 is 0 Å². The van der Waals surface area contributed by atoms with E-state index in [1.165, 1.54) is 13.5 Å². The topological polar surface area (TPSA) is 120 Å². The molecule has 0 radical (unpaired) electrons. The maximum Gasteiger partial charge on any atom is 0.409 e. The van der Waals surface area contributed by atoms with Gasteiger partial charge in [0.25, 0.3) is 0 Å². The fraction of sp³-hybridized carbons (Fsp3) is 0.615. The monoisotopic (exact) mass is 685 g/mol. The first-order valence-electron chi connectivity index (χ1n) is 18.5. The first kappa shape index (κ1) is 34.5. The van der Waals surface area contributed by atoms with Crippen molar-refractivity contribution < 1.29 is 28.2 Å². The molecule has 8 rings (SSSR count). The number of anilines is 1. The van der Waals surface area contributed by atoms with Gasteiger partial charge in [0.2, 0.25) is 5.91 Å². The number of hydrogen-bond donors (Lipinski definition) is 0. The number of rotatable bonds is 8. The molecule has 5 aliphatic rings. The van der Waals surface area contributed by atoms with Crippen molar-refractivity contribution in [2.24, 2.45) is 17.3 Å². The Morgan fingerprint density at radius 1 is 0.940 bits per heavy atom. The number of carbonyl (C=O) groups is 2. The summed E-state index contributed by atoms with van der Waals surface area (Å²) in [6.45, 7) is 5.95. The van der Waals surface area contributed by atoms with Crippen molar-refractivity contribution in [1.82, 2.24) is 19.9 Å². The van der Waals surface area contributed by atoms with E-state index in [0.717, 1.165) is 137 Å². The average molecular weight is 686 g/mol. The van der Waals surface area contributed by atoms with Crippen LogP contribution in [0.25, 0.3) is 11.3 Å². The van der Waals surface area contributed by atoms with Gasteiger partial charge in [0, 0.05) is 54.8 Å². The Hall–Kier alpha value is -3.99. The van der Waals surface area contributed by atoms with Crippen LogP contribution in [0.4, 0.5) is 10.6 Å². The molecule has 50 heavy (non-hydrogen) atoms. The van der Waals surface area contributed by atoms with Gasteiger partial charge in [-0.3, -0.25) is 14.7 Å². The zero-order chi connectivity index (χ0) is 34.7. The average Bonchev–Trinajstić information content (AvgIpc) is 3.85. The minimum atomic E-state index is -0.220. The fourth-order valence-corrected chi connectivity index (χ4v) is 8.03. The molecular weight excluding hydrogens is 634 g/mol. The molecule has 2 saturated heterocycles. The van der Waals surface area contributed by atoms with E-state index in [-0.39, 0.29) is 17.9 Å². The van der Waals surface area contributed by atoms with E-state index >= 15 is 0 Å². The molecule has 2 amide bonds. The van der Waals surface area contributed by atoms with Crippen molar-refractivity contribution >= 4 is 17.8 Å². The predicted molar refractivity (Wildman–Crippen MR) is 188 cm³/mol. The number of hydrogen-bond acceptors (Lipinski definition) is 9. The maximum atomic E-state index is 13.9. The molecule has 5 fully saturated rings. The second-order valence-electron chi connectivity index (χ2n) is 15.1. The molecule has 0 aromatic carbocycles. The highest BCUT2D eigenvalue weighted by molar-refractivity contribution is 5.94. The van der Waals surface area contributed by atoms with Crippen LogP contribution in [0, 0.1) is 24.2 Å². The summed E-state index contributed by atoms with van der Waals surface area (Å²) in [6.07, 6.45) is 15.5. The number of oxazole rings is 1. The fourth-order valence-electron chi connectivity index (χ4n) is 8.03. The smallest absolute Gasteiger partial charge is 0.409 e. The molecule has 0 N–H and O–H groups in total. The van der Waals surface area contributed by atoms with Gasteiger partial charge in [-0.2, -0.15) is 0 Å². The lowest BCUT2D eigenvalue weighted by Crippen LogP contribution is -2.67. The van der Waals surface area contributed by atoms with E-state index in [0.29, 0.717) is 23.2 Å². The second kappa shape index (κ2) is 15.1. The van der Waals surface area contributed by atoms with Crippen LogP contribution in [0.3, 0.4) is 0 Å². The molecule has 0 unspecified atom stereocenters. The highest BCUT2D eigenvalue weighted by Crippen LogP contribution is 2.41. The number of pyridine rings is 2. The van der Waals surface area contributed by atoms with E-state index in [4.69, 9.17) is 28.8 Å². The molecule has 3 aromatic rings. The summed E-state index contributed by atoms with van der Waals surface area (Å²) in [6, 6.07) is 8.15. The molecule has 0 bridgehead atoms. The Morgan fingerprint density at radius 3 is 2.32 bits per heavy atom. The number of methoxy groups -OCH3 is 2. The van der Waals surface area contributed by atoms with E-state index < -0.39 is 0 Å². The molecule has 3 aliphatic carbocycles. The lowest BCUT2D eigenvalue weighted by atomic mass is 9.78. The second-order valence-corrected chi connectivity index (χ2v) is 15.1. The quantitative estimate of drug-likeness (QED) is 0.241. The SMILES string of the molecule is COC(=O)N1CC2(COC2)C1.COc1ccc(C2CCC(CN(C(=O)C3CCCCC3)c3cc(-c4coc(C5CC5)n4)ccn3)CC2)nc1C. The highest BCUT2D eigenvalue weighted by atomic mass is 16.5. The molecule has 3 aromatic heterocycles. The van der Waals surface area contributed by atoms with Gasteiger partial charge in [0.15, 0.2) is 5.89 Å². The summed E-state index contributed by atoms with van der Waals surface area (Å²) in [4.78, 5) is 42.8. The van der Waals surface area contributed by atoms with Gasteiger partial charge in [-0.1, -0.05) is 19.3 Å². The molecule has 3 saturated carbocycles. The van der Waals surface area contributed by atoms with E-state index in [1.54, 1.807) is 18.3 Å². The van der Waals surface area contributed by atoms with Crippen molar-refractivity contribution in [2.45, 2.75) is 89.4 Å². The van der Waals surface area contributed by atoms with Crippen molar-refractivity contribution in [1.29, 1.82) is 0 Å². The third-order valence-corrected chi connectivity index (χ3v) is 11.3. The number of aromatic nitrogens is 3. The molecule has 5 heterocycles. The summed E-state index contributed by atoms with van der Waals surface area (Å²) in [5.41, 5.74) is 4.20. The van der Waals surface area contributed by atoms with Crippen molar-refractivity contribution in [3.05, 3.63) is 54.0 Å². The lowest BCUT2D eigenvalue weighted by molar-refractivity contribution is -0.179. The van der Waals surface area contributed by atoms with Gasteiger partial charge in [0.1, 0.15) is 23.5 Å². The number of amides is 2. The predicted octanol–water partition coefficient (Wildman–Crippen LogP) is 7.30. The zero-order valence-corrected chi connectivity index (χ0v) is 29.8. The van der Waals surface area contributed by atoms with Crippen LogP contribution in [0.2, 0.25) is 0 Å². The number of ether oxygens (including phenoxy) is 3. The number of nitrogens with zero attached hydrogens (tertiary/aromatic N) is 5. The Kier molecular flexibility index (Phi) is 10.4. The van der Waals surface area contributed by atoms with Crippen molar-refractivity contribution in [3.63, 3.8) is 0 Å². The minimum absolute atomic E-state index is 0.0977. The van der Waals surface area contributed by atoms with Crippen LogP contribution in [0.15, 0.2) is 41.1 Å². The third-order valence-electron chi connectivity index (χ3n) is 11.3. The van der Waals surface area contributed by atoms with Crippen molar-refractivity contribution in [3.8, 4) is 17.0 Å². The zero-order valence-electron chi connectivity index (χ0n) is 29.8. The van der Waals surface area contributed by atoms with Crippen LogP contribution in [0.5, 0.6) is 5.75 Å². The largest absolute Gasteiger partial charge is 0.495 e. The van der Waals surface area contributed by atoms with E-state index in [1.807, 2.05) is 36.2 Å². The Balaban J connectivity index is 0.000000302. The Morgan fingerprint density at radius 2 is 1.68 bits per heavy atom. The number of carbonyl (C=O) groups excluding carboxylic acids is 2. The van der Waals surface area contributed by atoms with Gasteiger partial charge in [-0.15, -0.1) is 0 Å². The number of likely N-dealkylation sites (tertiary alicyclic amines) is 1. The first-order chi connectivity index (χ1) is 24.3. The molecule has 268 valence electrons. The highest BCUT2D eigenvalue weighted by Gasteiger charge is 2.51. The summed E-state index contributed by atoms with van der Waals surface area (Å²) < 4.78 is 20.8. The molecule has 11 heteroatoms. The van der Waals surface area contributed by atoms with Crippen LogP contribution in [-0.2, 0) is 14.3 Å². The third kappa shape index (κ3) is 7.67. The normalized spacial score (nSPS) is 22.8. The van der Waals surface area contributed by atoms with Gasteiger partial charge in [-0.25, -0.2) is 14.8 Å². The Labute approximate surface area is 295 Å². The maximum absolute atomic E-state index is 13.9. The van der Waals surface area contributed by atoms with Gasteiger partial charge in [0.05, 0.1) is 38.5 Å². The summed E-state index contributed by atoms with van der Waals surface area (Å²) in [5, 5.41) is 0. The van der Waals surface area contributed by atoms with E-state index in [2.05, 4.69) is 10.8 Å².